The van der Waals surface area contributed by atoms with E-state index in [9.17, 15) is 0 Å². The first-order valence-corrected chi connectivity index (χ1v) is 10.5. The molecule has 0 spiro atoms. The van der Waals surface area contributed by atoms with Crippen molar-refractivity contribution < 1.29 is 0 Å². The van der Waals surface area contributed by atoms with Crippen molar-refractivity contribution in [1.82, 2.24) is 0 Å². The molecule has 0 aliphatic heterocycles. The lowest BCUT2D eigenvalue weighted by molar-refractivity contribution is 0.668. The molecule has 1 heteroatoms. The Labute approximate surface area is 126 Å². The molecule has 0 bridgehead atoms. The van der Waals surface area contributed by atoms with Crippen LogP contribution in [0.1, 0.15) is 62.3 Å². The van der Waals surface area contributed by atoms with Crippen LogP contribution in [0.5, 0.6) is 0 Å². The Morgan fingerprint density at radius 1 is 0.550 bits per heavy atom. The average molecular weight is 287 g/mol. The van der Waals surface area contributed by atoms with Crippen LogP contribution in [0.4, 0.5) is 0 Å². The summed E-state index contributed by atoms with van der Waals surface area (Å²) in [7, 11) is -1.60. The number of rotatable bonds is 3. The van der Waals surface area contributed by atoms with E-state index < -0.39 is 8.07 Å². The summed E-state index contributed by atoms with van der Waals surface area (Å²) in [6.07, 6.45) is 0. The van der Waals surface area contributed by atoms with Gasteiger partial charge in [-0.2, -0.15) is 0 Å². The summed E-state index contributed by atoms with van der Waals surface area (Å²) in [4.78, 5) is 0. The molecule has 20 heavy (non-hydrogen) atoms. The molecule has 0 radical (unpaired) electrons. The first kappa shape index (κ1) is 14.4. The van der Waals surface area contributed by atoms with Gasteiger partial charge in [0, 0.05) is 16.2 Å². The van der Waals surface area contributed by atoms with Crippen LogP contribution in [0.2, 0.25) is 6.55 Å². The molecule has 0 aromatic heterocycles. The maximum Gasteiger partial charge on any atom is 0.135 e. The third-order valence-corrected chi connectivity index (χ3v) is 13.1. The van der Waals surface area contributed by atoms with E-state index in [4.69, 9.17) is 0 Å². The highest BCUT2D eigenvalue weighted by Gasteiger charge is 2.67. The molecule has 0 unspecified atom stereocenters. The van der Waals surface area contributed by atoms with Crippen LogP contribution < -0.4 is 0 Å². The fraction of sp³-hybridized carbons (Fsp3) is 0.684. The molecule has 3 aliphatic carbocycles. The van der Waals surface area contributed by atoms with Crippen molar-refractivity contribution in [3.8, 4) is 0 Å². The average Bonchev–Trinajstić information content (AvgIpc) is 3.08. The zero-order chi connectivity index (χ0) is 15.5. The Balaban J connectivity index is 2.14. The predicted octanol–water partition coefficient (Wildman–Crippen LogP) is 5.75. The van der Waals surface area contributed by atoms with E-state index in [1.165, 1.54) is 0 Å². The van der Waals surface area contributed by atoms with Crippen LogP contribution in [0.15, 0.2) is 32.3 Å². The Morgan fingerprint density at radius 3 is 0.800 bits per heavy atom. The lowest BCUT2D eigenvalue weighted by atomic mass is 10.1. The van der Waals surface area contributed by atoms with Crippen molar-refractivity contribution in [1.29, 1.82) is 0 Å². The van der Waals surface area contributed by atoms with E-state index in [0.717, 1.165) is 0 Å². The van der Waals surface area contributed by atoms with Crippen LogP contribution in [0.25, 0.3) is 0 Å². The van der Waals surface area contributed by atoms with E-state index >= 15 is 0 Å². The van der Waals surface area contributed by atoms with Gasteiger partial charge in [0.15, 0.2) is 0 Å². The molecule has 0 saturated heterocycles. The van der Waals surface area contributed by atoms with Crippen LogP contribution in [0.3, 0.4) is 0 Å². The van der Waals surface area contributed by atoms with Crippen molar-refractivity contribution in [2.24, 2.45) is 16.2 Å². The molecule has 0 amide bonds. The monoisotopic (exact) mass is 286 g/mol. The zero-order valence-corrected chi connectivity index (χ0v) is 16.0. The van der Waals surface area contributed by atoms with Crippen molar-refractivity contribution in [2.45, 2.75) is 68.9 Å². The van der Waals surface area contributed by atoms with E-state index in [2.05, 4.69) is 68.9 Å². The lowest BCUT2D eigenvalue weighted by Gasteiger charge is -2.29. The van der Waals surface area contributed by atoms with Crippen molar-refractivity contribution in [3.63, 3.8) is 0 Å². The molecule has 0 aromatic carbocycles. The van der Waals surface area contributed by atoms with Crippen molar-refractivity contribution >= 4 is 8.07 Å². The fourth-order valence-electron chi connectivity index (χ4n) is 5.34. The topological polar surface area (TPSA) is 0 Å². The number of hydrogen-bond donors (Lipinski definition) is 0. The van der Waals surface area contributed by atoms with Crippen molar-refractivity contribution in [3.05, 3.63) is 32.3 Å². The largest absolute Gasteiger partial charge is 0.135 e. The molecular formula is C19H30Si. The summed E-state index contributed by atoms with van der Waals surface area (Å²) in [5.74, 6) is 0. The molecule has 0 nitrogen and oxygen atoms in total. The molecule has 0 fully saturated rings. The zero-order valence-electron chi connectivity index (χ0n) is 15.0. The van der Waals surface area contributed by atoms with Crippen molar-refractivity contribution in [2.75, 3.05) is 0 Å². The normalized spacial score (nSPS) is 29.1. The smallest absolute Gasteiger partial charge is 0.0671 e. The summed E-state index contributed by atoms with van der Waals surface area (Å²) >= 11 is 0. The third kappa shape index (κ3) is 1.33. The third-order valence-electron chi connectivity index (χ3n) is 7.12. The Morgan fingerprint density at radius 2 is 0.700 bits per heavy atom. The van der Waals surface area contributed by atoms with Gasteiger partial charge in [-0.25, -0.2) is 0 Å². The Kier molecular flexibility index (Phi) is 2.35. The predicted molar refractivity (Wildman–Crippen MR) is 91.1 cm³/mol. The van der Waals surface area contributed by atoms with Gasteiger partial charge in [-0.05, 0) is 20.8 Å². The van der Waals surface area contributed by atoms with Crippen LogP contribution in [-0.2, 0) is 0 Å². The highest BCUT2D eigenvalue weighted by atomic mass is 28.3. The second-order valence-corrected chi connectivity index (χ2v) is 12.8. The molecule has 3 aliphatic rings. The number of hydrogen-bond acceptors (Lipinski definition) is 0. The molecule has 0 heterocycles. The van der Waals surface area contributed by atoms with Crippen LogP contribution in [-0.4, -0.2) is 8.07 Å². The van der Waals surface area contributed by atoms with Gasteiger partial charge in [0.2, 0.25) is 0 Å². The molecular weight excluding hydrogens is 256 g/mol. The summed E-state index contributed by atoms with van der Waals surface area (Å²) in [5, 5.41) is 5.51. The van der Waals surface area contributed by atoms with Gasteiger partial charge in [-0.15, -0.1) is 0 Å². The first-order valence-electron chi connectivity index (χ1n) is 8.00. The Hall–Kier alpha value is -0.563. The molecule has 0 aromatic rings. The van der Waals surface area contributed by atoms with E-state index in [1.807, 2.05) is 15.6 Å². The van der Waals surface area contributed by atoms with Crippen LogP contribution >= 0.6 is 0 Å². The van der Waals surface area contributed by atoms with Gasteiger partial charge in [0.25, 0.3) is 0 Å². The van der Waals surface area contributed by atoms with E-state index in [1.54, 1.807) is 16.7 Å². The Bertz CT molecular complexity index is 544. The molecule has 0 atom stereocenters. The summed E-state index contributed by atoms with van der Waals surface area (Å²) in [6.45, 7) is 24.3. The minimum absolute atomic E-state index is 0.388. The molecule has 3 rings (SSSR count). The van der Waals surface area contributed by atoms with Gasteiger partial charge in [-0.3, -0.25) is 0 Å². The SMILES string of the molecule is CC1=C([Si](C)(C2=C(C)C2(C)C)C2=C(C)C2(C)C)C1(C)C. The molecule has 0 saturated carbocycles. The summed E-state index contributed by atoms with van der Waals surface area (Å²) in [6, 6.07) is 0. The second kappa shape index (κ2) is 3.26. The van der Waals surface area contributed by atoms with Crippen LogP contribution in [0, 0.1) is 16.2 Å². The van der Waals surface area contributed by atoms with Gasteiger partial charge in [-0.1, -0.05) is 80.4 Å². The molecule has 0 N–H and O–H groups in total. The number of allylic oxidation sites excluding steroid dienone is 6. The van der Waals surface area contributed by atoms with Gasteiger partial charge < -0.3 is 0 Å². The lowest BCUT2D eigenvalue weighted by Crippen LogP contribution is -2.36. The maximum absolute atomic E-state index is 2.64. The van der Waals surface area contributed by atoms with E-state index in [-0.39, 0.29) is 0 Å². The summed E-state index contributed by atoms with van der Waals surface area (Å²) < 4.78 is 0. The standard InChI is InChI=1S/C19H30Si/c1-11-14(17(11,4)5)20(10,15-12(2)18(15,6)7)16-13(3)19(16,8)9/h1-10H3. The highest BCUT2D eigenvalue weighted by molar-refractivity contribution is 7.01. The summed E-state index contributed by atoms with van der Waals surface area (Å²) in [5.41, 5.74) is 6.20. The maximum atomic E-state index is 2.64. The first-order chi connectivity index (χ1) is 8.83. The second-order valence-electron chi connectivity index (χ2n) is 9.00. The van der Waals surface area contributed by atoms with Gasteiger partial charge >= 0.3 is 0 Å². The van der Waals surface area contributed by atoms with Gasteiger partial charge in [0.1, 0.15) is 8.07 Å². The molecule has 110 valence electrons. The fourth-order valence-corrected chi connectivity index (χ4v) is 13.4. The minimum atomic E-state index is -1.60. The van der Waals surface area contributed by atoms with Gasteiger partial charge in [0.05, 0.1) is 0 Å². The quantitative estimate of drug-likeness (QED) is 0.579. The highest BCUT2D eigenvalue weighted by Crippen LogP contribution is 2.72. The van der Waals surface area contributed by atoms with E-state index in [0.29, 0.717) is 16.2 Å². The minimum Gasteiger partial charge on any atom is -0.0671 e.